The molecule has 2 aromatic carbocycles. The molecule has 2 atom stereocenters. The molecule has 3 N–H and O–H groups in total. The van der Waals surface area contributed by atoms with Gasteiger partial charge in [-0.25, -0.2) is 0 Å². The lowest BCUT2D eigenvalue weighted by Crippen LogP contribution is -2.47. The van der Waals surface area contributed by atoms with Gasteiger partial charge in [-0.15, -0.1) is 0 Å². The van der Waals surface area contributed by atoms with Gasteiger partial charge in [-0.1, -0.05) is 52.5 Å². The lowest BCUT2D eigenvalue weighted by atomic mass is 9.92. The van der Waals surface area contributed by atoms with Crippen molar-refractivity contribution in [1.82, 2.24) is 5.32 Å². The third kappa shape index (κ3) is 6.65. The molecule has 0 aromatic heterocycles. The number of nitrogens with one attached hydrogen (secondary N) is 2. The monoisotopic (exact) mass is 550 g/mol. The standard InChI is InChI=1S/C19H17Cl4F3N2O3S/c1-32(31)8-16(29)27-7-10-2-3-12(6-13(10)20)28-9-18(30,19(24,25)26)11-4-14(21)17(23)15(22)5-11/h2-6,28,30H,7-9H2,1H3,(H,27,29)/t18-,32-/m1/s1. The number of amides is 1. The summed E-state index contributed by atoms with van der Waals surface area (Å²) in [7, 11) is -1.30. The Labute approximate surface area is 204 Å². The molecule has 0 aliphatic carbocycles. The first-order valence-corrected chi connectivity index (χ1v) is 12.0. The lowest BCUT2D eigenvalue weighted by molar-refractivity contribution is -0.260. The summed E-state index contributed by atoms with van der Waals surface area (Å²) >= 11 is 23.6. The maximum absolute atomic E-state index is 13.8. The van der Waals surface area contributed by atoms with Gasteiger partial charge in [0.1, 0.15) is 5.75 Å². The Morgan fingerprint density at radius 2 is 1.66 bits per heavy atom. The number of hydrogen-bond donors (Lipinski definition) is 3. The topological polar surface area (TPSA) is 78.4 Å². The maximum Gasteiger partial charge on any atom is 0.423 e. The fourth-order valence-electron chi connectivity index (χ4n) is 2.62. The van der Waals surface area contributed by atoms with Gasteiger partial charge in [0.15, 0.2) is 0 Å². The van der Waals surface area contributed by atoms with E-state index in [1.807, 2.05) is 0 Å². The predicted octanol–water partition coefficient (Wildman–Crippen LogP) is 5.16. The highest BCUT2D eigenvalue weighted by molar-refractivity contribution is 7.85. The second kappa shape index (κ2) is 10.8. The zero-order valence-electron chi connectivity index (χ0n) is 16.3. The molecule has 2 aromatic rings. The Morgan fingerprint density at radius 1 is 1.06 bits per heavy atom. The van der Waals surface area contributed by atoms with Gasteiger partial charge in [-0.2, -0.15) is 13.2 Å². The summed E-state index contributed by atoms with van der Waals surface area (Å²) in [6.07, 6.45) is -3.69. The highest BCUT2D eigenvalue weighted by atomic mass is 35.5. The Hall–Kier alpha value is -1.23. The van der Waals surface area contributed by atoms with Crippen LogP contribution in [-0.4, -0.2) is 40.0 Å². The molecule has 0 aliphatic rings. The molecule has 0 fully saturated rings. The van der Waals surface area contributed by atoms with Gasteiger partial charge < -0.3 is 15.7 Å². The van der Waals surface area contributed by atoms with Gasteiger partial charge in [0, 0.05) is 34.3 Å². The number of rotatable bonds is 8. The molecule has 0 spiro atoms. The maximum atomic E-state index is 13.8. The zero-order valence-corrected chi connectivity index (χ0v) is 20.2. The molecule has 13 heteroatoms. The molecule has 2 rings (SSSR count). The molecule has 1 amide bonds. The quantitative estimate of drug-likeness (QED) is 0.396. The van der Waals surface area contributed by atoms with Crippen LogP contribution in [0.5, 0.6) is 0 Å². The summed E-state index contributed by atoms with van der Waals surface area (Å²) < 4.78 is 52.4. The first-order chi connectivity index (χ1) is 14.7. The third-order valence-corrected chi connectivity index (χ3v) is 6.56. The SMILES string of the molecule is C[S@@](=O)CC(=O)NCc1ccc(NC[C@@](O)(c2cc(Cl)c(Cl)c(Cl)c2)C(F)(F)F)cc1Cl. The van der Waals surface area contributed by atoms with E-state index in [-0.39, 0.29) is 38.1 Å². The second-order valence-electron chi connectivity index (χ2n) is 6.77. The van der Waals surface area contributed by atoms with Gasteiger partial charge in [0.25, 0.3) is 0 Å². The molecule has 0 saturated carbocycles. The number of alkyl halides is 3. The minimum absolute atomic E-state index is 0.0450. The number of halogens is 7. The molecular weight excluding hydrogens is 535 g/mol. The van der Waals surface area contributed by atoms with Crippen molar-refractivity contribution in [3.8, 4) is 0 Å². The van der Waals surface area contributed by atoms with E-state index < -0.39 is 40.6 Å². The van der Waals surface area contributed by atoms with Gasteiger partial charge >= 0.3 is 6.18 Å². The average Bonchev–Trinajstić information content (AvgIpc) is 2.67. The van der Waals surface area contributed by atoms with E-state index in [0.29, 0.717) is 5.56 Å². The fraction of sp³-hybridized carbons (Fsp3) is 0.316. The Morgan fingerprint density at radius 3 is 2.16 bits per heavy atom. The van der Waals surface area contributed by atoms with Crippen LogP contribution in [-0.2, 0) is 27.7 Å². The molecule has 32 heavy (non-hydrogen) atoms. The number of benzene rings is 2. The molecule has 176 valence electrons. The fourth-order valence-corrected chi connectivity index (χ4v) is 3.94. The van der Waals surface area contributed by atoms with Crippen LogP contribution in [0, 0.1) is 0 Å². The number of carbonyl (C=O) groups is 1. The smallest absolute Gasteiger partial charge is 0.381 e. The Kier molecular flexibility index (Phi) is 9.12. The third-order valence-electron chi connectivity index (χ3n) is 4.34. The van der Waals surface area contributed by atoms with Crippen LogP contribution in [0.4, 0.5) is 18.9 Å². The lowest BCUT2D eigenvalue weighted by Gasteiger charge is -2.32. The predicted molar refractivity (Wildman–Crippen MR) is 122 cm³/mol. The Bertz CT molecular complexity index is 1020. The number of carbonyl (C=O) groups excluding carboxylic acids is 1. The van der Waals surface area contributed by atoms with E-state index >= 15 is 0 Å². The summed E-state index contributed by atoms with van der Waals surface area (Å²) in [5.74, 6) is -0.592. The molecule has 0 radical (unpaired) electrons. The summed E-state index contributed by atoms with van der Waals surface area (Å²) in [6.45, 7) is -0.928. The molecular formula is C19H17Cl4F3N2O3S. The molecule has 0 unspecified atom stereocenters. The second-order valence-corrected chi connectivity index (χ2v) is 9.80. The van der Waals surface area contributed by atoms with E-state index in [0.717, 1.165) is 12.1 Å². The first kappa shape index (κ1) is 27.0. The molecule has 0 bridgehead atoms. The molecule has 0 heterocycles. The largest absolute Gasteiger partial charge is 0.423 e. The van der Waals surface area contributed by atoms with Crippen molar-refractivity contribution in [2.24, 2.45) is 0 Å². The van der Waals surface area contributed by atoms with Crippen molar-refractivity contribution in [1.29, 1.82) is 0 Å². The summed E-state index contributed by atoms with van der Waals surface area (Å²) in [5, 5.41) is 15.1. The van der Waals surface area contributed by atoms with Crippen LogP contribution >= 0.6 is 46.4 Å². The highest BCUT2D eigenvalue weighted by Crippen LogP contribution is 2.43. The van der Waals surface area contributed by atoms with Crippen LogP contribution in [0.2, 0.25) is 20.1 Å². The van der Waals surface area contributed by atoms with Gasteiger partial charge in [0.05, 0.1) is 21.6 Å². The first-order valence-electron chi connectivity index (χ1n) is 8.77. The minimum atomic E-state index is -5.08. The summed E-state index contributed by atoms with van der Waals surface area (Å²) in [5.41, 5.74) is -3.24. The highest BCUT2D eigenvalue weighted by Gasteiger charge is 2.55. The van der Waals surface area contributed by atoms with Crippen LogP contribution in [0.15, 0.2) is 30.3 Å². The minimum Gasteiger partial charge on any atom is -0.381 e. The van der Waals surface area contributed by atoms with E-state index in [4.69, 9.17) is 46.4 Å². The van der Waals surface area contributed by atoms with Crippen molar-refractivity contribution in [2.45, 2.75) is 18.3 Å². The van der Waals surface area contributed by atoms with Crippen LogP contribution < -0.4 is 10.6 Å². The average molecular weight is 552 g/mol. The van der Waals surface area contributed by atoms with Gasteiger partial charge in [0.2, 0.25) is 11.5 Å². The molecule has 0 saturated heterocycles. The Balaban J connectivity index is 2.19. The van der Waals surface area contributed by atoms with E-state index in [1.165, 1.54) is 24.5 Å². The summed E-state index contributed by atoms with van der Waals surface area (Å²) in [4.78, 5) is 11.6. The van der Waals surface area contributed by atoms with E-state index in [9.17, 15) is 27.3 Å². The normalized spacial score (nSPS) is 14.5. The molecule has 0 aliphatic heterocycles. The van der Waals surface area contributed by atoms with Crippen molar-refractivity contribution in [2.75, 3.05) is 23.9 Å². The number of anilines is 1. The number of aliphatic hydroxyl groups is 1. The summed E-state index contributed by atoms with van der Waals surface area (Å²) in [6, 6.07) is 6.07. The van der Waals surface area contributed by atoms with Crippen molar-refractivity contribution < 1.29 is 27.3 Å². The number of hydrogen-bond acceptors (Lipinski definition) is 4. The van der Waals surface area contributed by atoms with Crippen LogP contribution in [0.3, 0.4) is 0 Å². The van der Waals surface area contributed by atoms with Crippen LogP contribution in [0.25, 0.3) is 0 Å². The molecule has 5 nitrogen and oxygen atoms in total. The van der Waals surface area contributed by atoms with E-state index in [2.05, 4.69) is 10.6 Å². The van der Waals surface area contributed by atoms with Crippen molar-refractivity contribution >= 4 is 68.8 Å². The van der Waals surface area contributed by atoms with Crippen molar-refractivity contribution in [3.63, 3.8) is 0 Å². The van der Waals surface area contributed by atoms with Crippen molar-refractivity contribution in [3.05, 3.63) is 61.5 Å². The van der Waals surface area contributed by atoms with Crippen LogP contribution in [0.1, 0.15) is 11.1 Å². The van der Waals surface area contributed by atoms with Gasteiger partial charge in [-0.3, -0.25) is 9.00 Å². The van der Waals surface area contributed by atoms with E-state index in [1.54, 1.807) is 0 Å². The van der Waals surface area contributed by atoms with Gasteiger partial charge in [-0.05, 0) is 35.4 Å². The zero-order chi connectivity index (χ0) is 24.3.